The molecule has 0 bridgehead atoms. The van der Waals surface area contributed by atoms with Crippen molar-refractivity contribution in [2.24, 2.45) is 5.41 Å². The van der Waals surface area contributed by atoms with Gasteiger partial charge in [0.25, 0.3) is 12.4 Å². The molecule has 1 aromatic heterocycles. The molecule has 0 spiro atoms. The van der Waals surface area contributed by atoms with Gasteiger partial charge in [0.2, 0.25) is 5.91 Å². The number of carbonyl (C=O) groups excluding carboxylic acids is 2. The van der Waals surface area contributed by atoms with Crippen LogP contribution in [0.25, 0.3) is 0 Å². The maximum Gasteiger partial charge on any atom is 0.290 e. The van der Waals surface area contributed by atoms with Gasteiger partial charge in [0.15, 0.2) is 5.69 Å². The number of amides is 2. The van der Waals surface area contributed by atoms with Crippen LogP contribution in [-0.2, 0) is 16.0 Å². The minimum atomic E-state index is -0.614. The summed E-state index contributed by atoms with van der Waals surface area (Å²) in [5.41, 5.74) is 1.30. The Kier molecular flexibility index (Phi) is 6.71. The Balaban J connectivity index is 0.000000806. The predicted molar refractivity (Wildman–Crippen MR) is 109 cm³/mol. The molecule has 1 aliphatic heterocycles. The van der Waals surface area contributed by atoms with Crippen molar-refractivity contribution < 1.29 is 19.5 Å². The molecule has 0 atom stereocenters. The van der Waals surface area contributed by atoms with Gasteiger partial charge in [-0.25, -0.2) is 0 Å². The van der Waals surface area contributed by atoms with Crippen molar-refractivity contribution in [3.05, 3.63) is 46.2 Å². The number of nitrogens with one attached hydrogen (secondary N) is 2. The smallest absolute Gasteiger partial charge is 0.290 e. The van der Waals surface area contributed by atoms with E-state index >= 15 is 0 Å². The van der Waals surface area contributed by atoms with E-state index in [9.17, 15) is 9.59 Å². The van der Waals surface area contributed by atoms with Crippen LogP contribution in [0.15, 0.2) is 24.3 Å². The van der Waals surface area contributed by atoms with Crippen LogP contribution in [0.3, 0.4) is 0 Å². The van der Waals surface area contributed by atoms with Gasteiger partial charge in [-0.1, -0.05) is 23.7 Å². The number of carbonyl (C=O) groups is 3. The molecule has 10 heteroatoms. The normalized spacial score (nSPS) is 17.1. The number of carboxylic acid groups (broad SMARTS) is 1. The maximum absolute atomic E-state index is 13.0. The lowest BCUT2D eigenvalue weighted by Gasteiger charge is -2.49. The third kappa shape index (κ3) is 4.62. The zero-order valence-corrected chi connectivity index (χ0v) is 17.4. The fraction of sp³-hybridized carbons (Fsp3) is 0.450. The molecule has 0 unspecified atom stereocenters. The Labute approximate surface area is 178 Å². The van der Waals surface area contributed by atoms with E-state index in [1.807, 2.05) is 24.3 Å². The maximum atomic E-state index is 13.0. The molecule has 2 fully saturated rings. The molecule has 4 rings (SSSR count). The number of aromatic nitrogens is 3. The zero-order valence-electron chi connectivity index (χ0n) is 16.6. The Morgan fingerprint density at radius 1 is 1.30 bits per heavy atom. The van der Waals surface area contributed by atoms with E-state index in [1.165, 1.54) is 0 Å². The minimum absolute atomic E-state index is 0.0306. The van der Waals surface area contributed by atoms with E-state index in [0.717, 1.165) is 24.8 Å². The molecule has 2 aliphatic rings. The topological polar surface area (TPSA) is 128 Å². The summed E-state index contributed by atoms with van der Waals surface area (Å²) >= 11 is 5.98. The Bertz CT molecular complexity index is 904. The highest BCUT2D eigenvalue weighted by Gasteiger charge is 2.52. The molecule has 1 aromatic carbocycles. The molecule has 3 N–H and O–H groups in total. The number of aromatic amines is 1. The minimum Gasteiger partial charge on any atom is -0.483 e. The van der Waals surface area contributed by atoms with E-state index < -0.39 is 5.41 Å². The number of nitrogens with zero attached hydrogens (tertiary/aromatic N) is 3. The van der Waals surface area contributed by atoms with Gasteiger partial charge in [-0.05, 0) is 50.3 Å². The van der Waals surface area contributed by atoms with Gasteiger partial charge < -0.3 is 15.3 Å². The first-order valence-corrected chi connectivity index (χ1v) is 10.1. The molecule has 160 valence electrons. The molecule has 1 aliphatic carbocycles. The van der Waals surface area contributed by atoms with Gasteiger partial charge in [0.1, 0.15) is 0 Å². The van der Waals surface area contributed by atoms with Crippen LogP contribution in [0, 0.1) is 12.3 Å². The van der Waals surface area contributed by atoms with Crippen LogP contribution in [0.5, 0.6) is 0 Å². The molecule has 2 heterocycles. The third-order valence-corrected chi connectivity index (χ3v) is 5.83. The predicted octanol–water partition coefficient (Wildman–Crippen LogP) is 1.82. The van der Waals surface area contributed by atoms with Crippen molar-refractivity contribution in [3.63, 3.8) is 0 Å². The van der Waals surface area contributed by atoms with Gasteiger partial charge in [0, 0.05) is 24.2 Å². The van der Waals surface area contributed by atoms with Gasteiger partial charge in [-0.3, -0.25) is 14.4 Å². The highest BCUT2D eigenvalue weighted by molar-refractivity contribution is 6.30. The second kappa shape index (κ2) is 9.25. The quantitative estimate of drug-likeness (QED) is 0.617. The summed E-state index contributed by atoms with van der Waals surface area (Å²) in [4.78, 5) is 35.7. The van der Waals surface area contributed by atoms with Gasteiger partial charge in [-0.2, -0.15) is 15.4 Å². The summed E-state index contributed by atoms with van der Waals surface area (Å²) in [7, 11) is 0. The largest absolute Gasteiger partial charge is 0.483 e. The summed E-state index contributed by atoms with van der Waals surface area (Å²) in [5.74, 6) is -0.160. The summed E-state index contributed by atoms with van der Waals surface area (Å²) in [6, 6.07) is 7.80. The van der Waals surface area contributed by atoms with Gasteiger partial charge >= 0.3 is 0 Å². The SMILES string of the molecule is Cc1n[nH]nc1C(=O)N1CC(Cc2ccc(Cl)cc2)(C(=O)NC2CCC2)C1.O=CO. The summed E-state index contributed by atoms with van der Waals surface area (Å²) < 4.78 is 0. The molecule has 2 aromatic rings. The molecule has 2 amide bonds. The van der Waals surface area contributed by atoms with Crippen molar-refractivity contribution in [1.82, 2.24) is 25.6 Å². The van der Waals surface area contributed by atoms with Crippen LogP contribution in [-0.4, -0.2) is 62.8 Å². The summed E-state index contributed by atoms with van der Waals surface area (Å²) in [6.45, 7) is 2.24. The standard InChI is InChI=1S/C19H22ClN5O2.CH2O2/c1-12-16(23-24-22-12)17(26)25-10-19(11-25,18(27)21-15-3-2-4-15)9-13-5-7-14(20)8-6-13;2-1-3/h5-8,15H,2-4,9-11H2,1H3,(H,21,27)(H,22,23,24);1H,(H,2,3). The number of halogens is 1. The second-order valence-electron chi connectivity index (χ2n) is 7.71. The number of likely N-dealkylation sites (tertiary alicyclic amines) is 1. The number of rotatable bonds is 5. The Morgan fingerprint density at radius 3 is 2.43 bits per heavy atom. The first-order chi connectivity index (χ1) is 14.4. The summed E-state index contributed by atoms with van der Waals surface area (Å²) in [5, 5.41) is 21.0. The molecule has 1 saturated heterocycles. The number of benzene rings is 1. The lowest BCUT2D eigenvalue weighted by Crippen LogP contribution is -2.66. The van der Waals surface area contributed by atoms with Crippen LogP contribution in [0.2, 0.25) is 5.02 Å². The Hall–Kier alpha value is -2.94. The average molecular weight is 434 g/mol. The van der Waals surface area contributed by atoms with Crippen LogP contribution < -0.4 is 5.32 Å². The van der Waals surface area contributed by atoms with Crippen LogP contribution >= 0.6 is 11.6 Å². The fourth-order valence-electron chi connectivity index (χ4n) is 3.68. The first kappa shape index (κ1) is 21.8. The van der Waals surface area contributed by atoms with Crippen LogP contribution in [0.4, 0.5) is 0 Å². The number of hydrogen-bond acceptors (Lipinski definition) is 5. The molecular weight excluding hydrogens is 410 g/mol. The van der Waals surface area contributed by atoms with E-state index in [4.69, 9.17) is 21.5 Å². The third-order valence-electron chi connectivity index (χ3n) is 5.58. The van der Waals surface area contributed by atoms with E-state index in [1.54, 1.807) is 11.8 Å². The second-order valence-corrected chi connectivity index (χ2v) is 8.15. The molecular formula is C20H24ClN5O4. The first-order valence-electron chi connectivity index (χ1n) is 9.68. The van der Waals surface area contributed by atoms with Gasteiger partial charge in [-0.15, -0.1) is 0 Å². The van der Waals surface area contributed by atoms with Crippen molar-refractivity contribution in [2.45, 2.75) is 38.6 Å². The van der Waals surface area contributed by atoms with E-state index in [2.05, 4.69) is 20.7 Å². The highest BCUT2D eigenvalue weighted by Crippen LogP contribution is 2.36. The molecule has 0 radical (unpaired) electrons. The monoisotopic (exact) mass is 433 g/mol. The molecule has 1 saturated carbocycles. The van der Waals surface area contributed by atoms with E-state index in [-0.39, 0.29) is 24.3 Å². The zero-order chi connectivity index (χ0) is 21.7. The molecule has 9 nitrogen and oxygen atoms in total. The molecule has 30 heavy (non-hydrogen) atoms. The van der Waals surface area contributed by atoms with Crippen molar-refractivity contribution in [2.75, 3.05) is 13.1 Å². The lowest BCUT2D eigenvalue weighted by molar-refractivity contribution is -0.140. The number of H-pyrrole nitrogens is 1. The van der Waals surface area contributed by atoms with Crippen molar-refractivity contribution in [3.8, 4) is 0 Å². The van der Waals surface area contributed by atoms with Crippen molar-refractivity contribution >= 4 is 29.9 Å². The number of hydrogen-bond donors (Lipinski definition) is 3. The Morgan fingerprint density at radius 2 is 1.93 bits per heavy atom. The highest BCUT2D eigenvalue weighted by atomic mass is 35.5. The van der Waals surface area contributed by atoms with Crippen LogP contribution in [0.1, 0.15) is 41.0 Å². The van der Waals surface area contributed by atoms with E-state index in [0.29, 0.717) is 35.9 Å². The summed E-state index contributed by atoms with van der Waals surface area (Å²) in [6.07, 6.45) is 3.79. The average Bonchev–Trinajstić information content (AvgIpc) is 3.08. The van der Waals surface area contributed by atoms with Gasteiger partial charge in [0.05, 0.1) is 11.1 Å². The number of aryl methyl sites for hydroxylation is 1. The fourth-order valence-corrected chi connectivity index (χ4v) is 3.81. The lowest BCUT2D eigenvalue weighted by atomic mass is 9.73. The van der Waals surface area contributed by atoms with Crippen molar-refractivity contribution in [1.29, 1.82) is 0 Å².